The van der Waals surface area contributed by atoms with E-state index < -0.39 is 0 Å². The Morgan fingerprint density at radius 3 is 2.70 bits per heavy atom. The van der Waals surface area contributed by atoms with Gasteiger partial charge in [-0.05, 0) is 24.3 Å². The van der Waals surface area contributed by atoms with Crippen molar-refractivity contribution in [3.05, 3.63) is 47.0 Å². The van der Waals surface area contributed by atoms with E-state index in [1.807, 2.05) is 12.1 Å². The Balaban J connectivity index is 1.78. The Morgan fingerprint density at radius 2 is 2.00 bits per heavy atom. The highest BCUT2D eigenvalue weighted by atomic mass is 35.5. The molecule has 0 spiro atoms. The van der Waals surface area contributed by atoms with Crippen LogP contribution in [-0.4, -0.2) is 25.1 Å². The lowest BCUT2D eigenvalue weighted by atomic mass is 10.2. The molecule has 0 aliphatic heterocycles. The zero-order valence-corrected chi connectivity index (χ0v) is 11.7. The molecule has 1 aromatic carbocycles. The maximum absolute atomic E-state index is 5.83. The van der Waals surface area contributed by atoms with Crippen LogP contribution in [0, 0.1) is 0 Å². The van der Waals surface area contributed by atoms with Crippen molar-refractivity contribution in [3.8, 4) is 11.5 Å². The molecule has 0 aliphatic carbocycles. The van der Waals surface area contributed by atoms with Crippen LogP contribution in [0.25, 0.3) is 11.5 Å². The van der Waals surface area contributed by atoms with Gasteiger partial charge in [0.25, 0.3) is 5.89 Å². The minimum Gasteiger partial charge on any atom is -0.334 e. The summed E-state index contributed by atoms with van der Waals surface area (Å²) in [5.74, 6) is 1.28. The fourth-order valence-corrected chi connectivity index (χ4v) is 1.90. The normalized spacial score (nSPS) is 10.9. The Labute approximate surface area is 124 Å². The van der Waals surface area contributed by atoms with E-state index in [1.165, 1.54) is 0 Å². The summed E-state index contributed by atoms with van der Waals surface area (Å²) in [5, 5.41) is 12.4. The van der Waals surface area contributed by atoms with Crippen molar-refractivity contribution in [2.45, 2.75) is 12.4 Å². The van der Waals surface area contributed by atoms with Gasteiger partial charge in [0.05, 0.1) is 17.8 Å². The number of rotatable bonds is 4. The van der Waals surface area contributed by atoms with Crippen molar-refractivity contribution in [3.63, 3.8) is 0 Å². The summed E-state index contributed by atoms with van der Waals surface area (Å²) in [6.45, 7) is 0.376. The van der Waals surface area contributed by atoms with Crippen molar-refractivity contribution in [1.82, 2.24) is 25.1 Å². The van der Waals surface area contributed by atoms with E-state index in [4.69, 9.17) is 27.7 Å². The summed E-state index contributed by atoms with van der Waals surface area (Å²) < 4.78 is 6.81. The predicted molar refractivity (Wildman–Crippen MR) is 73.4 cm³/mol. The molecule has 0 saturated heterocycles. The Hall–Kier alpha value is -1.92. The lowest BCUT2D eigenvalue weighted by Crippen LogP contribution is -2.02. The molecule has 3 rings (SSSR count). The molecular weight excluding hydrogens is 301 g/mol. The fraction of sp³-hybridized carbons (Fsp3) is 0.167. The molecule has 0 aliphatic rings. The first-order chi connectivity index (χ1) is 9.74. The molecule has 0 unspecified atom stereocenters. The summed E-state index contributed by atoms with van der Waals surface area (Å²) in [6, 6.07) is 7.18. The average Bonchev–Trinajstić information content (AvgIpc) is 3.09. The van der Waals surface area contributed by atoms with Crippen molar-refractivity contribution >= 4 is 23.2 Å². The third-order valence-corrected chi connectivity index (χ3v) is 3.11. The highest BCUT2D eigenvalue weighted by molar-refractivity contribution is 6.30. The van der Waals surface area contributed by atoms with E-state index in [9.17, 15) is 0 Å². The van der Waals surface area contributed by atoms with Gasteiger partial charge in [0.15, 0.2) is 5.82 Å². The molecule has 0 atom stereocenters. The Kier molecular flexibility index (Phi) is 3.66. The molecule has 2 heterocycles. The summed E-state index contributed by atoms with van der Waals surface area (Å²) in [7, 11) is 0. The van der Waals surface area contributed by atoms with Crippen LogP contribution in [-0.2, 0) is 12.4 Å². The fourth-order valence-electron chi connectivity index (χ4n) is 1.65. The molecule has 102 valence electrons. The van der Waals surface area contributed by atoms with Gasteiger partial charge in [0, 0.05) is 10.6 Å². The number of halogens is 2. The lowest BCUT2D eigenvalue weighted by molar-refractivity contribution is 0.418. The molecule has 6 nitrogen and oxygen atoms in total. The molecule has 2 aromatic heterocycles. The van der Waals surface area contributed by atoms with Crippen LogP contribution in [0.2, 0.25) is 5.02 Å². The molecule has 0 bridgehead atoms. The molecular formula is C12H9Cl2N5O. The van der Waals surface area contributed by atoms with Gasteiger partial charge in [0.2, 0.25) is 0 Å². The Morgan fingerprint density at radius 1 is 1.20 bits per heavy atom. The lowest BCUT2D eigenvalue weighted by Gasteiger charge is -1.94. The first-order valence-electron chi connectivity index (χ1n) is 5.78. The van der Waals surface area contributed by atoms with Crippen LogP contribution in [0.4, 0.5) is 0 Å². The van der Waals surface area contributed by atoms with E-state index in [-0.39, 0.29) is 0 Å². The highest BCUT2D eigenvalue weighted by Crippen LogP contribution is 2.19. The van der Waals surface area contributed by atoms with Crippen LogP contribution < -0.4 is 0 Å². The standard InChI is InChI=1S/C12H9Cl2N5O/c13-5-10-6-19(18-16-10)7-11-15-12(20-17-11)8-1-3-9(14)4-2-8/h1-4,6H,5,7H2. The molecule has 0 N–H and O–H groups in total. The van der Waals surface area contributed by atoms with Gasteiger partial charge in [-0.3, -0.25) is 0 Å². The molecule has 0 amide bonds. The van der Waals surface area contributed by atoms with E-state index in [1.54, 1.807) is 23.0 Å². The molecule has 0 fully saturated rings. The number of alkyl halides is 1. The van der Waals surface area contributed by atoms with Crippen LogP contribution in [0.5, 0.6) is 0 Å². The second kappa shape index (κ2) is 5.60. The summed E-state index contributed by atoms with van der Waals surface area (Å²) in [4.78, 5) is 4.30. The number of aromatic nitrogens is 5. The van der Waals surface area contributed by atoms with Gasteiger partial charge < -0.3 is 4.52 Å². The highest BCUT2D eigenvalue weighted by Gasteiger charge is 2.10. The monoisotopic (exact) mass is 309 g/mol. The third kappa shape index (κ3) is 2.81. The molecule has 0 saturated carbocycles. The minimum absolute atomic E-state index is 0.322. The SMILES string of the molecule is ClCc1cn(Cc2noc(-c3ccc(Cl)cc3)n2)nn1. The first-order valence-corrected chi connectivity index (χ1v) is 6.69. The summed E-state index contributed by atoms with van der Waals surface area (Å²) in [6.07, 6.45) is 1.74. The second-order valence-electron chi connectivity index (χ2n) is 4.06. The quantitative estimate of drug-likeness (QED) is 0.693. The van der Waals surface area contributed by atoms with Crippen molar-refractivity contribution in [2.24, 2.45) is 0 Å². The van der Waals surface area contributed by atoms with Gasteiger partial charge in [-0.1, -0.05) is 22.0 Å². The van der Waals surface area contributed by atoms with Gasteiger partial charge in [-0.2, -0.15) is 4.98 Å². The molecule has 3 aromatic rings. The maximum atomic E-state index is 5.83. The van der Waals surface area contributed by atoms with Crippen LogP contribution >= 0.6 is 23.2 Å². The smallest absolute Gasteiger partial charge is 0.257 e. The Bertz CT molecular complexity index is 707. The van der Waals surface area contributed by atoms with E-state index >= 15 is 0 Å². The minimum atomic E-state index is 0.322. The first kappa shape index (κ1) is 13.1. The molecule has 20 heavy (non-hydrogen) atoms. The predicted octanol–water partition coefficient (Wildman–Crippen LogP) is 2.77. The van der Waals surface area contributed by atoms with Crippen LogP contribution in [0.3, 0.4) is 0 Å². The maximum Gasteiger partial charge on any atom is 0.257 e. The van der Waals surface area contributed by atoms with Crippen LogP contribution in [0.1, 0.15) is 11.5 Å². The van der Waals surface area contributed by atoms with E-state index in [0.717, 1.165) is 5.56 Å². The van der Waals surface area contributed by atoms with Gasteiger partial charge in [0.1, 0.15) is 6.54 Å². The van der Waals surface area contributed by atoms with Crippen molar-refractivity contribution < 1.29 is 4.52 Å². The zero-order chi connectivity index (χ0) is 13.9. The number of nitrogens with zero attached hydrogens (tertiary/aromatic N) is 5. The second-order valence-corrected chi connectivity index (χ2v) is 4.77. The zero-order valence-electron chi connectivity index (χ0n) is 10.2. The van der Waals surface area contributed by atoms with Crippen LogP contribution in [0.15, 0.2) is 35.0 Å². The van der Waals surface area contributed by atoms with Gasteiger partial charge in [-0.25, -0.2) is 4.68 Å². The summed E-state index contributed by atoms with van der Waals surface area (Å²) in [5.41, 5.74) is 1.52. The largest absolute Gasteiger partial charge is 0.334 e. The number of hydrogen-bond donors (Lipinski definition) is 0. The molecule has 8 heteroatoms. The third-order valence-electron chi connectivity index (χ3n) is 2.59. The topological polar surface area (TPSA) is 69.6 Å². The molecule has 0 radical (unpaired) electrons. The average molecular weight is 310 g/mol. The number of hydrogen-bond acceptors (Lipinski definition) is 5. The van der Waals surface area contributed by atoms with E-state index in [2.05, 4.69) is 20.5 Å². The summed E-state index contributed by atoms with van der Waals surface area (Å²) >= 11 is 11.5. The van der Waals surface area contributed by atoms with Crippen molar-refractivity contribution in [2.75, 3.05) is 0 Å². The van der Waals surface area contributed by atoms with Crippen molar-refractivity contribution in [1.29, 1.82) is 0 Å². The van der Waals surface area contributed by atoms with Gasteiger partial charge >= 0.3 is 0 Å². The number of benzene rings is 1. The van der Waals surface area contributed by atoms with Gasteiger partial charge in [-0.15, -0.1) is 16.7 Å². The van der Waals surface area contributed by atoms with E-state index in [0.29, 0.717) is 34.9 Å².